The number of rotatable bonds is 6. The summed E-state index contributed by atoms with van der Waals surface area (Å²) in [4.78, 5) is 22.9. The maximum atomic E-state index is 12.5. The number of hydrogen-bond donors (Lipinski definition) is 3. The van der Waals surface area contributed by atoms with Crippen LogP contribution in [0.25, 0.3) is 0 Å². The molecule has 1 heterocycles. The highest BCUT2D eigenvalue weighted by molar-refractivity contribution is 7.94. The van der Waals surface area contributed by atoms with Crippen LogP contribution >= 0.6 is 11.3 Å². The molecular weight excluding hydrogens is 372 g/mol. The first-order valence-corrected chi connectivity index (χ1v) is 9.01. The molecule has 9 nitrogen and oxygen atoms in total. The van der Waals surface area contributed by atoms with Gasteiger partial charge in [-0.3, -0.25) is 14.7 Å². The van der Waals surface area contributed by atoms with Crippen molar-refractivity contribution in [2.24, 2.45) is 0 Å². The van der Waals surface area contributed by atoms with Gasteiger partial charge in [-0.1, -0.05) is 0 Å². The molecule has 0 spiro atoms. The molecular formula is C14H14N2O7S2. The fraction of sp³-hybridized carbons (Fsp3) is 0.143. The Hall–Kier alpha value is -2.63. The molecule has 0 aliphatic rings. The zero-order chi connectivity index (χ0) is 18.6. The van der Waals surface area contributed by atoms with Gasteiger partial charge in [-0.25, -0.2) is 18.7 Å². The molecule has 2 aromatic rings. The molecule has 1 amide bonds. The lowest BCUT2D eigenvalue weighted by Crippen LogP contribution is -2.18. The molecule has 0 saturated heterocycles. The van der Waals surface area contributed by atoms with Gasteiger partial charge in [0.15, 0.2) is 9.96 Å². The molecule has 0 bridgehead atoms. The van der Waals surface area contributed by atoms with E-state index in [0.717, 1.165) is 11.3 Å². The average Bonchev–Trinajstić information content (AvgIpc) is 3.05. The Kier molecular flexibility index (Phi) is 5.62. The first kappa shape index (κ1) is 18.7. The summed E-state index contributed by atoms with van der Waals surface area (Å²) in [6, 6.07) is 5.36. The lowest BCUT2D eigenvalue weighted by atomic mass is 10.2. The first-order valence-electron chi connectivity index (χ1n) is 6.65. The van der Waals surface area contributed by atoms with Crippen LogP contribution in [0.2, 0.25) is 0 Å². The molecule has 3 N–H and O–H groups in total. The summed E-state index contributed by atoms with van der Waals surface area (Å²) in [5.74, 6) is -1.55. The summed E-state index contributed by atoms with van der Waals surface area (Å²) in [7, 11) is -1.61. The number of hydroxylamine groups is 1. The average molecular weight is 386 g/mol. The van der Waals surface area contributed by atoms with Gasteiger partial charge in [-0.2, -0.15) is 0 Å². The zero-order valence-electron chi connectivity index (χ0n) is 13.1. The highest BCUT2D eigenvalue weighted by Gasteiger charge is 2.28. The second kappa shape index (κ2) is 7.51. The van der Waals surface area contributed by atoms with Gasteiger partial charge in [-0.15, -0.1) is 11.3 Å². The maximum Gasteiger partial charge on any atom is 0.342 e. The number of nitrogens with one attached hydrogen (secondary N) is 2. The van der Waals surface area contributed by atoms with Crippen molar-refractivity contribution in [3.63, 3.8) is 0 Å². The van der Waals surface area contributed by atoms with E-state index in [0.29, 0.717) is 0 Å². The lowest BCUT2D eigenvalue weighted by molar-refractivity contribution is 0.0597. The van der Waals surface area contributed by atoms with Gasteiger partial charge in [-0.05, 0) is 24.3 Å². The van der Waals surface area contributed by atoms with Crippen LogP contribution in [0.1, 0.15) is 20.7 Å². The van der Waals surface area contributed by atoms with E-state index in [1.54, 1.807) is 0 Å². The van der Waals surface area contributed by atoms with Crippen molar-refractivity contribution < 1.29 is 32.7 Å². The highest BCUT2D eigenvalue weighted by atomic mass is 32.2. The largest absolute Gasteiger partial charge is 0.493 e. The van der Waals surface area contributed by atoms with Crippen LogP contribution < -0.4 is 14.9 Å². The molecule has 0 saturated carbocycles. The molecule has 0 unspecified atom stereocenters. The van der Waals surface area contributed by atoms with Gasteiger partial charge in [0, 0.05) is 16.6 Å². The highest BCUT2D eigenvalue weighted by Crippen LogP contribution is 2.36. The smallest absolute Gasteiger partial charge is 0.342 e. The molecule has 0 aliphatic heterocycles. The van der Waals surface area contributed by atoms with E-state index in [1.165, 1.54) is 49.3 Å². The van der Waals surface area contributed by atoms with Crippen molar-refractivity contribution in [3.8, 4) is 5.75 Å². The number of amides is 1. The molecule has 0 fully saturated rings. The van der Waals surface area contributed by atoms with Gasteiger partial charge in [0.1, 0.15) is 5.56 Å². The van der Waals surface area contributed by atoms with Crippen molar-refractivity contribution >= 4 is 38.9 Å². The van der Waals surface area contributed by atoms with Crippen LogP contribution in [0.5, 0.6) is 5.75 Å². The van der Waals surface area contributed by atoms with Gasteiger partial charge in [0.2, 0.25) is 0 Å². The van der Waals surface area contributed by atoms with Crippen LogP contribution in [0.3, 0.4) is 0 Å². The lowest BCUT2D eigenvalue weighted by Gasteiger charge is -2.09. The van der Waals surface area contributed by atoms with Gasteiger partial charge in [0.05, 0.1) is 14.2 Å². The monoisotopic (exact) mass is 386 g/mol. The molecule has 1 aromatic carbocycles. The quantitative estimate of drug-likeness (QED) is 0.389. The van der Waals surface area contributed by atoms with E-state index in [9.17, 15) is 18.0 Å². The third-order valence-corrected chi connectivity index (χ3v) is 5.95. The second-order valence-electron chi connectivity index (χ2n) is 4.59. The molecule has 0 aliphatic carbocycles. The van der Waals surface area contributed by atoms with Gasteiger partial charge < -0.3 is 9.47 Å². The summed E-state index contributed by atoms with van der Waals surface area (Å²) in [6.45, 7) is 0. The first-order chi connectivity index (χ1) is 11.8. The summed E-state index contributed by atoms with van der Waals surface area (Å²) in [5.41, 5.74) is 1.81. The van der Waals surface area contributed by atoms with Crippen LogP contribution in [0.15, 0.2) is 33.9 Å². The fourth-order valence-electron chi connectivity index (χ4n) is 1.91. The Bertz CT molecular complexity index is 888. The van der Waals surface area contributed by atoms with Gasteiger partial charge in [0.25, 0.3) is 15.9 Å². The van der Waals surface area contributed by atoms with Crippen molar-refractivity contribution in [3.05, 3.63) is 40.8 Å². The van der Waals surface area contributed by atoms with Crippen molar-refractivity contribution in [1.82, 2.24) is 5.48 Å². The Morgan fingerprint density at radius 3 is 2.32 bits per heavy atom. The summed E-state index contributed by atoms with van der Waals surface area (Å²) >= 11 is 0.809. The van der Waals surface area contributed by atoms with Crippen LogP contribution in [-0.2, 0) is 14.8 Å². The molecule has 1 aromatic heterocycles. The maximum absolute atomic E-state index is 12.5. The SMILES string of the molecule is COC(=O)c1csc(S(=O)(=O)Nc2ccc(C(=O)NO)cc2)c1OC. The Morgan fingerprint density at radius 2 is 1.80 bits per heavy atom. The number of methoxy groups -OCH3 is 2. The van der Waals surface area contributed by atoms with E-state index >= 15 is 0 Å². The summed E-state index contributed by atoms with van der Waals surface area (Å²) in [5, 5.41) is 9.88. The minimum atomic E-state index is -4.03. The Labute approximate surface area is 147 Å². The normalized spacial score (nSPS) is 10.8. The van der Waals surface area contributed by atoms with E-state index in [-0.39, 0.29) is 26.8 Å². The number of esters is 1. The molecule has 0 atom stereocenters. The predicted octanol–water partition coefficient (Wildman–Crippen LogP) is 1.46. The zero-order valence-corrected chi connectivity index (χ0v) is 14.7. The predicted molar refractivity (Wildman–Crippen MR) is 88.7 cm³/mol. The molecule has 0 radical (unpaired) electrons. The molecule has 2 rings (SSSR count). The second-order valence-corrected chi connectivity index (χ2v) is 7.34. The number of hydrogen-bond acceptors (Lipinski definition) is 8. The number of anilines is 1. The fourth-order valence-corrected chi connectivity index (χ4v) is 4.40. The number of carbonyl (C=O) groups is 2. The third-order valence-electron chi connectivity index (χ3n) is 3.07. The van der Waals surface area contributed by atoms with Crippen LogP contribution in [-0.4, -0.2) is 39.7 Å². The van der Waals surface area contributed by atoms with Crippen LogP contribution in [0.4, 0.5) is 5.69 Å². The van der Waals surface area contributed by atoms with E-state index in [4.69, 9.17) is 9.94 Å². The number of sulfonamides is 1. The number of benzene rings is 1. The summed E-state index contributed by atoms with van der Waals surface area (Å²) in [6.07, 6.45) is 0. The minimum absolute atomic E-state index is 0.00494. The molecule has 25 heavy (non-hydrogen) atoms. The van der Waals surface area contributed by atoms with Crippen molar-refractivity contribution in [2.75, 3.05) is 18.9 Å². The molecule has 11 heteroatoms. The van der Waals surface area contributed by atoms with E-state index in [1.807, 2.05) is 0 Å². The topological polar surface area (TPSA) is 131 Å². The van der Waals surface area contributed by atoms with E-state index < -0.39 is 21.9 Å². The third kappa shape index (κ3) is 3.90. The number of carbonyl (C=O) groups excluding carboxylic acids is 2. The Balaban J connectivity index is 2.32. The standard InChI is InChI=1S/C14H14N2O7S2/c1-22-11-10(13(18)23-2)7-24-14(11)25(20,21)16-9-5-3-8(4-6-9)12(17)15-19/h3-7,16,19H,1-2H3,(H,15,17). The van der Waals surface area contributed by atoms with Crippen molar-refractivity contribution in [1.29, 1.82) is 0 Å². The summed E-state index contributed by atoms with van der Waals surface area (Å²) < 4.78 is 36.8. The van der Waals surface area contributed by atoms with Crippen LogP contribution in [0, 0.1) is 0 Å². The van der Waals surface area contributed by atoms with E-state index in [2.05, 4.69) is 9.46 Å². The van der Waals surface area contributed by atoms with Crippen molar-refractivity contribution in [2.45, 2.75) is 4.21 Å². The minimum Gasteiger partial charge on any atom is -0.493 e. The van der Waals surface area contributed by atoms with Gasteiger partial charge >= 0.3 is 5.97 Å². The molecule has 134 valence electrons. The number of ether oxygens (including phenoxy) is 2. The Morgan fingerprint density at radius 1 is 1.16 bits per heavy atom. The number of thiophene rings is 1.